The van der Waals surface area contributed by atoms with Crippen LogP contribution >= 0.6 is 0 Å². The van der Waals surface area contributed by atoms with Gasteiger partial charge in [0.2, 0.25) is 5.92 Å². The number of halogens is 2. The highest BCUT2D eigenvalue weighted by atomic mass is 19.3. The van der Waals surface area contributed by atoms with E-state index in [1.807, 2.05) is 0 Å². The van der Waals surface area contributed by atoms with Crippen LogP contribution in [0.25, 0.3) is 0 Å². The van der Waals surface area contributed by atoms with Crippen molar-refractivity contribution in [3.8, 4) is 0 Å². The standard InChI is InChI=1S/C12H21F2N/c1-2-10-3-4-11(15-10)9-5-7-12(13,14)8-6-9/h9-11,15H,2-8H2,1H3/t10-,11-/m0/s1. The van der Waals surface area contributed by atoms with E-state index in [9.17, 15) is 8.78 Å². The van der Waals surface area contributed by atoms with Crippen molar-refractivity contribution in [2.45, 2.75) is 69.9 Å². The van der Waals surface area contributed by atoms with Crippen molar-refractivity contribution >= 4 is 0 Å². The first-order chi connectivity index (χ1) is 7.11. The lowest BCUT2D eigenvalue weighted by molar-refractivity contribution is -0.0490. The van der Waals surface area contributed by atoms with Crippen molar-refractivity contribution < 1.29 is 8.78 Å². The molecule has 0 aromatic carbocycles. The maximum Gasteiger partial charge on any atom is 0.248 e. The van der Waals surface area contributed by atoms with Gasteiger partial charge in [-0.3, -0.25) is 0 Å². The van der Waals surface area contributed by atoms with E-state index in [0.29, 0.717) is 30.8 Å². The van der Waals surface area contributed by atoms with Crippen LogP contribution in [0.5, 0.6) is 0 Å². The van der Waals surface area contributed by atoms with Gasteiger partial charge < -0.3 is 5.32 Å². The SMILES string of the molecule is CC[C@H]1CC[C@@H](C2CCC(F)(F)CC2)N1. The smallest absolute Gasteiger partial charge is 0.248 e. The minimum Gasteiger partial charge on any atom is -0.311 e. The molecule has 1 nitrogen and oxygen atoms in total. The summed E-state index contributed by atoms with van der Waals surface area (Å²) in [4.78, 5) is 0. The zero-order chi connectivity index (χ0) is 10.9. The summed E-state index contributed by atoms with van der Waals surface area (Å²) >= 11 is 0. The zero-order valence-electron chi connectivity index (χ0n) is 9.44. The molecule has 1 saturated heterocycles. The van der Waals surface area contributed by atoms with Crippen LogP contribution < -0.4 is 5.32 Å². The third kappa shape index (κ3) is 2.68. The summed E-state index contributed by atoms with van der Waals surface area (Å²) in [6, 6.07) is 1.16. The van der Waals surface area contributed by atoms with E-state index < -0.39 is 5.92 Å². The molecule has 0 aromatic rings. The minimum atomic E-state index is -2.38. The topological polar surface area (TPSA) is 12.0 Å². The molecule has 3 heteroatoms. The van der Waals surface area contributed by atoms with Crippen LogP contribution in [0.15, 0.2) is 0 Å². The average molecular weight is 217 g/mol. The maximum atomic E-state index is 13.0. The first-order valence-electron chi connectivity index (χ1n) is 6.24. The Bertz CT molecular complexity index is 208. The lowest BCUT2D eigenvalue weighted by atomic mass is 9.81. The molecule has 1 heterocycles. The van der Waals surface area contributed by atoms with Gasteiger partial charge in [-0.05, 0) is 38.0 Å². The highest BCUT2D eigenvalue weighted by molar-refractivity contribution is 4.90. The molecule has 15 heavy (non-hydrogen) atoms. The van der Waals surface area contributed by atoms with Gasteiger partial charge in [-0.1, -0.05) is 6.92 Å². The van der Waals surface area contributed by atoms with Crippen molar-refractivity contribution in [3.63, 3.8) is 0 Å². The second-order valence-corrected chi connectivity index (χ2v) is 5.15. The van der Waals surface area contributed by atoms with E-state index in [-0.39, 0.29) is 12.8 Å². The van der Waals surface area contributed by atoms with Crippen LogP contribution in [-0.2, 0) is 0 Å². The molecule has 0 spiro atoms. The fourth-order valence-corrected chi connectivity index (χ4v) is 3.01. The molecule has 1 N–H and O–H groups in total. The van der Waals surface area contributed by atoms with E-state index in [0.717, 1.165) is 0 Å². The van der Waals surface area contributed by atoms with Crippen molar-refractivity contribution in [2.24, 2.45) is 5.92 Å². The highest BCUT2D eigenvalue weighted by Crippen LogP contribution is 2.39. The van der Waals surface area contributed by atoms with Gasteiger partial charge in [-0.25, -0.2) is 8.78 Å². The Morgan fingerprint density at radius 1 is 1.13 bits per heavy atom. The molecule has 0 radical (unpaired) electrons. The largest absolute Gasteiger partial charge is 0.311 e. The van der Waals surface area contributed by atoms with Crippen LogP contribution in [0.1, 0.15) is 51.9 Å². The number of rotatable bonds is 2. The summed E-state index contributed by atoms with van der Waals surface area (Å²) < 4.78 is 26.0. The fourth-order valence-electron chi connectivity index (χ4n) is 3.01. The number of hydrogen-bond acceptors (Lipinski definition) is 1. The van der Waals surface area contributed by atoms with Crippen molar-refractivity contribution in [1.29, 1.82) is 0 Å². The van der Waals surface area contributed by atoms with E-state index in [2.05, 4.69) is 12.2 Å². The van der Waals surface area contributed by atoms with Gasteiger partial charge in [-0.2, -0.15) is 0 Å². The predicted octanol–water partition coefficient (Wildman–Crippen LogP) is 3.34. The monoisotopic (exact) mass is 217 g/mol. The third-order valence-electron chi connectivity index (χ3n) is 4.10. The summed E-state index contributed by atoms with van der Waals surface area (Å²) in [6.07, 6.45) is 5.21. The van der Waals surface area contributed by atoms with E-state index in [4.69, 9.17) is 0 Å². The zero-order valence-corrected chi connectivity index (χ0v) is 9.44. The van der Waals surface area contributed by atoms with E-state index >= 15 is 0 Å². The van der Waals surface area contributed by atoms with E-state index in [1.54, 1.807) is 0 Å². The molecule has 88 valence electrons. The number of hydrogen-bond donors (Lipinski definition) is 1. The lowest BCUT2D eigenvalue weighted by Crippen LogP contribution is -2.38. The first-order valence-corrected chi connectivity index (χ1v) is 6.24. The molecule has 1 aliphatic heterocycles. The number of nitrogens with one attached hydrogen (secondary N) is 1. The first kappa shape index (κ1) is 11.3. The average Bonchev–Trinajstić information content (AvgIpc) is 2.66. The molecule has 2 atom stereocenters. The van der Waals surface area contributed by atoms with Crippen LogP contribution in [0, 0.1) is 5.92 Å². The Balaban J connectivity index is 1.81. The van der Waals surface area contributed by atoms with Gasteiger partial charge in [0.15, 0.2) is 0 Å². The van der Waals surface area contributed by atoms with Crippen LogP contribution in [-0.4, -0.2) is 18.0 Å². The molecular weight excluding hydrogens is 196 g/mol. The van der Waals surface area contributed by atoms with Gasteiger partial charge in [0.1, 0.15) is 0 Å². The van der Waals surface area contributed by atoms with Gasteiger partial charge in [0.05, 0.1) is 0 Å². The molecule has 2 aliphatic rings. The second kappa shape index (κ2) is 4.36. The predicted molar refractivity (Wildman–Crippen MR) is 57.1 cm³/mol. The highest BCUT2D eigenvalue weighted by Gasteiger charge is 2.39. The quantitative estimate of drug-likeness (QED) is 0.748. The molecule has 0 aromatic heterocycles. The summed E-state index contributed by atoms with van der Waals surface area (Å²) in [6.45, 7) is 2.19. The summed E-state index contributed by atoms with van der Waals surface area (Å²) in [7, 11) is 0. The van der Waals surface area contributed by atoms with Gasteiger partial charge >= 0.3 is 0 Å². The Labute approximate surface area is 90.6 Å². The summed E-state index contributed by atoms with van der Waals surface area (Å²) in [5, 5.41) is 3.59. The van der Waals surface area contributed by atoms with Gasteiger partial charge in [0, 0.05) is 24.9 Å². The van der Waals surface area contributed by atoms with Gasteiger partial charge in [-0.15, -0.1) is 0 Å². The summed E-state index contributed by atoms with van der Waals surface area (Å²) in [5.74, 6) is -1.87. The molecule has 0 unspecified atom stereocenters. The fraction of sp³-hybridized carbons (Fsp3) is 1.00. The Morgan fingerprint density at radius 3 is 2.33 bits per heavy atom. The number of alkyl halides is 2. The normalized spacial score (nSPS) is 37.0. The Morgan fingerprint density at radius 2 is 1.80 bits per heavy atom. The molecule has 1 aliphatic carbocycles. The lowest BCUT2D eigenvalue weighted by Gasteiger charge is -2.32. The minimum absolute atomic E-state index is 0.104. The van der Waals surface area contributed by atoms with Gasteiger partial charge in [0.25, 0.3) is 0 Å². The van der Waals surface area contributed by atoms with E-state index in [1.165, 1.54) is 19.3 Å². The second-order valence-electron chi connectivity index (χ2n) is 5.15. The molecule has 0 amide bonds. The summed E-state index contributed by atoms with van der Waals surface area (Å²) in [5.41, 5.74) is 0. The van der Waals surface area contributed by atoms with Crippen LogP contribution in [0.2, 0.25) is 0 Å². The molecule has 2 rings (SSSR count). The van der Waals surface area contributed by atoms with Crippen molar-refractivity contribution in [2.75, 3.05) is 0 Å². The Hall–Kier alpha value is -0.180. The maximum absolute atomic E-state index is 13.0. The molecular formula is C12H21F2N. The van der Waals surface area contributed by atoms with Crippen molar-refractivity contribution in [3.05, 3.63) is 0 Å². The molecule has 1 saturated carbocycles. The van der Waals surface area contributed by atoms with Crippen LogP contribution in [0.4, 0.5) is 8.78 Å². The molecule has 2 fully saturated rings. The molecule has 0 bridgehead atoms. The van der Waals surface area contributed by atoms with Crippen molar-refractivity contribution in [1.82, 2.24) is 5.32 Å². The Kier molecular flexibility index (Phi) is 3.29. The van der Waals surface area contributed by atoms with Crippen LogP contribution in [0.3, 0.4) is 0 Å². The third-order valence-corrected chi connectivity index (χ3v) is 4.10.